The summed E-state index contributed by atoms with van der Waals surface area (Å²) in [5.74, 6) is 0. The minimum absolute atomic E-state index is 1.13. The number of benzene rings is 2. The third kappa shape index (κ3) is 0.865. The molecule has 2 heteroatoms. The third-order valence-electron chi connectivity index (χ3n) is 3.07. The van der Waals surface area contributed by atoms with E-state index in [-0.39, 0.29) is 0 Å². The van der Waals surface area contributed by atoms with E-state index in [1.165, 1.54) is 10.8 Å². The summed E-state index contributed by atoms with van der Waals surface area (Å²) in [6, 6.07) is 8.23. The summed E-state index contributed by atoms with van der Waals surface area (Å²) in [7, 11) is 0. The zero-order valence-corrected chi connectivity index (χ0v) is 8.44. The Bertz CT molecular complexity index is 706. The molecule has 0 radical (unpaired) electrons. The number of hydrogen-bond acceptors (Lipinski definition) is 2. The highest BCUT2D eigenvalue weighted by atomic mass is 16.5. The fourth-order valence-corrected chi connectivity index (χ4v) is 2.36. The van der Waals surface area contributed by atoms with Gasteiger partial charge in [-0.2, -0.15) is 0 Å². The van der Waals surface area contributed by atoms with Gasteiger partial charge in [-0.25, -0.2) is 0 Å². The second-order valence-electron chi connectivity index (χ2n) is 3.98. The molecule has 16 heavy (non-hydrogen) atoms. The van der Waals surface area contributed by atoms with Crippen molar-refractivity contribution in [2.45, 2.75) is 0 Å². The van der Waals surface area contributed by atoms with Crippen LogP contribution in [0.5, 0.6) is 0 Å². The van der Waals surface area contributed by atoms with Crippen LogP contribution in [0.15, 0.2) is 24.3 Å². The SMILES string of the molecule is C1=c2ccc3c4c(ccc(c24)=CO1)=COC=3. The normalized spacial score (nSPS) is 14.8. The van der Waals surface area contributed by atoms with Crippen LogP contribution < -0.4 is 20.9 Å². The summed E-state index contributed by atoms with van der Waals surface area (Å²) >= 11 is 0. The van der Waals surface area contributed by atoms with Crippen molar-refractivity contribution in [3.8, 4) is 0 Å². The summed E-state index contributed by atoms with van der Waals surface area (Å²) in [4.78, 5) is 0. The predicted molar refractivity (Wildman–Crippen MR) is 62.5 cm³/mol. The first-order valence-corrected chi connectivity index (χ1v) is 5.17. The Morgan fingerprint density at radius 1 is 0.500 bits per heavy atom. The molecule has 2 nitrogen and oxygen atoms in total. The molecule has 0 unspecified atom stereocenters. The molecule has 0 aliphatic carbocycles. The molecule has 0 spiro atoms. The van der Waals surface area contributed by atoms with Crippen molar-refractivity contribution in [1.82, 2.24) is 0 Å². The van der Waals surface area contributed by atoms with Crippen LogP contribution in [0, 0.1) is 0 Å². The molecular formula is C14H8O2. The second-order valence-corrected chi connectivity index (χ2v) is 3.98. The van der Waals surface area contributed by atoms with Gasteiger partial charge in [-0.3, -0.25) is 0 Å². The second kappa shape index (κ2) is 2.67. The maximum atomic E-state index is 5.32. The average molecular weight is 208 g/mol. The van der Waals surface area contributed by atoms with Gasteiger partial charge in [0.05, 0.1) is 25.0 Å². The number of rotatable bonds is 0. The van der Waals surface area contributed by atoms with Crippen LogP contribution in [-0.4, -0.2) is 0 Å². The van der Waals surface area contributed by atoms with Crippen molar-refractivity contribution in [2.75, 3.05) is 0 Å². The van der Waals surface area contributed by atoms with Gasteiger partial charge in [0.15, 0.2) is 0 Å². The Morgan fingerprint density at radius 2 is 0.812 bits per heavy atom. The van der Waals surface area contributed by atoms with E-state index in [0.717, 1.165) is 20.9 Å². The first-order chi connectivity index (χ1) is 7.93. The van der Waals surface area contributed by atoms with Crippen molar-refractivity contribution >= 4 is 35.8 Å². The zero-order valence-electron chi connectivity index (χ0n) is 8.44. The first-order valence-electron chi connectivity index (χ1n) is 5.17. The van der Waals surface area contributed by atoms with Gasteiger partial charge in [-0.1, -0.05) is 24.3 Å². The van der Waals surface area contributed by atoms with E-state index in [1.807, 2.05) is 0 Å². The van der Waals surface area contributed by atoms with Crippen LogP contribution in [0.4, 0.5) is 0 Å². The summed E-state index contributed by atoms with van der Waals surface area (Å²) in [6.07, 6.45) is 7.13. The van der Waals surface area contributed by atoms with Crippen molar-refractivity contribution in [2.24, 2.45) is 0 Å². The van der Waals surface area contributed by atoms with Gasteiger partial charge in [0.25, 0.3) is 0 Å². The van der Waals surface area contributed by atoms with Crippen LogP contribution in [0.2, 0.25) is 0 Å². The van der Waals surface area contributed by atoms with Crippen LogP contribution in [0.25, 0.3) is 35.8 Å². The highest BCUT2D eigenvalue weighted by molar-refractivity contribution is 5.87. The monoisotopic (exact) mass is 208 g/mol. The van der Waals surface area contributed by atoms with Gasteiger partial charge in [-0.05, 0) is 0 Å². The molecule has 0 fully saturated rings. The molecular weight excluding hydrogens is 200 g/mol. The molecule has 0 saturated heterocycles. The predicted octanol–water partition coefficient (Wildman–Crippen LogP) is -0.148. The minimum Gasteiger partial charge on any atom is -0.471 e. The van der Waals surface area contributed by atoms with E-state index in [4.69, 9.17) is 9.47 Å². The van der Waals surface area contributed by atoms with E-state index in [1.54, 1.807) is 25.0 Å². The van der Waals surface area contributed by atoms with E-state index in [9.17, 15) is 0 Å². The molecule has 2 aliphatic rings. The van der Waals surface area contributed by atoms with Crippen LogP contribution in [-0.2, 0) is 9.47 Å². The molecule has 4 rings (SSSR count). The average Bonchev–Trinajstić information content (AvgIpc) is 2.36. The molecule has 0 bridgehead atoms. The maximum absolute atomic E-state index is 5.32. The van der Waals surface area contributed by atoms with Gasteiger partial charge in [0, 0.05) is 31.6 Å². The third-order valence-corrected chi connectivity index (χ3v) is 3.07. The largest absolute Gasteiger partial charge is 0.471 e. The molecule has 2 aromatic carbocycles. The Morgan fingerprint density at radius 3 is 1.12 bits per heavy atom. The maximum Gasteiger partial charge on any atom is 0.0980 e. The molecule has 2 aromatic rings. The van der Waals surface area contributed by atoms with Crippen LogP contribution in [0.3, 0.4) is 0 Å². The molecule has 2 aliphatic heterocycles. The highest BCUT2D eigenvalue weighted by Crippen LogP contribution is 2.01. The molecule has 2 heterocycles. The lowest BCUT2D eigenvalue weighted by Gasteiger charge is -2.09. The zero-order chi connectivity index (χ0) is 10.5. The fraction of sp³-hybridized carbons (Fsp3) is 0. The van der Waals surface area contributed by atoms with E-state index in [0.29, 0.717) is 0 Å². The fourth-order valence-electron chi connectivity index (χ4n) is 2.36. The molecule has 0 N–H and O–H groups in total. The van der Waals surface area contributed by atoms with Crippen LogP contribution in [0.1, 0.15) is 0 Å². The molecule has 0 aromatic heterocycles. The topological polar surface area (TPSA) is 18.5 Å². The van der Waals surface area contributed by atoms with Gasteiger partial charge < -0.3 is 9.47 Å². The first kappa shape index (κ1) is 7.99. The Hall–Kier alpha value is -2.22. The van der Waals surface area contributed by atoms with E-state index >= 15 is 0 Å². The van der Waals surface area contributed by atoms with Gasteiger partial charge >= 0.3 is 0 Å². The standard InChI is InChI=1S/C14H8O2/c1-2-10-6-16-8-12-4-3-11-7-15-5-9(1)13(11)14(10)12/h1-8H. The summed E-state index contributed by atoms with van der Waals surface area (Å²) < 4.78 is 10.6. The summed E-state index contributed by atoms with van der Waals surface area (Å²) in [5, 5.41) is 7.00. The lowest BCUT2D eigenvalue weighted by atomic mass is 10.0. The Balaban J connectivity index is 2.53. The summed E-state index contributed by atoms with van der Waals surface area (Å²) in [5.41, 5.74) is 0. The molecule has 0 amide bonds. The van der Waals surface area contributed by atoms with Crippen molar-refractivity contribution in [3.05, 3.63) is 45.1 Å². The Labute approximate surface area is 91.0 Å². The number of ether oxygens (including phenoxy) is 2. The van der Waals surface area contributed by atoms with Gasteiger partial charge in [0.1, 0.15) is 0 Å². The lowest BCUT2D eigenvalue weighted by Crippen LogP contribution is -2.29. The van der Waals surface area contributed by atoms with Crippen molar-refractivity contribution in [3.63, 3.8) is 0 Å². The van der Waals surface area contributed by atoms with E-state index < -0.39 is 0 Å². The van der Waals surface area contributed by atoms with Crippen molar-refractivity contribution < 1.29 is 9.47 Å². The quantitative estimate of drug-likeness (QED) is 0.599. The summed E-state index contributed by atoms with van der Waals surface area (Å²) in [6.45, 7) is 0. The van der Waals surface area contributed by atoms with Gasteiger partial charge in [-0.15, -0.1) is 0 Å². The lowest BCUT2D eigenvalue weighted by molar-refractivity contribution is 0.517. The highest BCUT2D eigenvalue weighted by Gasteiger charge is 2.06. The van der Waals surface area contributed by atoms with Gasteiger partial charge in [0.2, 0.25) is 0 Å². The Kier molecular flexibility index (Phi) is 1.33. The molecule has 0 saturated carbocycles. The van der Waals surface area contributed by atoms with E-state index in [2.05, 4.69) is 24.3 Å². The molecule has 0 atom stereocenters. The van der Waals surface area contributed by atoms with Crippen LogP contribution >= 0.6 is 0 Å². The number of hydrogen-bond donors (Lipinski definition) is 0. The molecule has 76 valence electrons. The smallest absolute Gasteiger partial charge is 0.0980 e. The minimum atomic E-state index is 1.13. The van der Waals surface area contributed by atoms with Crippen molar-refractivity contribution in [1.29, 1.82) is 0 Å².